The summed E-state index contributed by atoms with van der Waals surface area (Å²) in [6.45, 7) is 7.87. The molecule has 0 aliphatic carbocycles. The summed E-state index contributed by atoms with van der Waals surface area (Å²) in [5, 5.41) is 0. The van der Waals surface area contributed by atoms with Crippen molar-refractivity contribution in [3.63, 3.8) is 0 Å². The summed E-state index contributed by atoms with van der Waals surface area (Å²) in [7, 11) is 0. The molecule has 0 radical (unpaired) electrons. The van der Waals surface area contributed by atoms with Gasteiger partial charge in [0.05, 0.1) is 19.1 Å². The average molecular weight is 202 g/mol. The average Bonchev–Trinajstić information content (AvgIpc) is 2.17. The van der Waals surface area contributed by atoms with E-state index in [4.69, 9.17) is 0 Å². The maximum Gasteiger partial charge on any atom is 0.0896 e. The molecule has 0 fully saturated rings. The second kappa shape index (κ2) is 5.47. The lowest BCUT2D eigenvalue weighted by Gasteiger charge is -2.12. The first-order valence-corrected chi connectivity index (χ1v) is 5.20. The molecule has 15 heavy (non-hydrogen) atoms. The van der Waals surface area contributed by atoms with Gasteiger partial charge in [0, 0.05) is 0 Å². The van der Waals surface area contributed by atoms with Crippen molar-refractivity contribution < 1.29 is 0 Å². The second-order valence-electron chi connectivity index (χ2n) is 4.78. The summed E-state index contributed by atoms with van der Waals surface area (Å²) in [5.41, 5.74) is 1.41. The van der Waals surface area contributed by atoms with Gasteiger partial charge in [-0.25, -0.2) is 9.98 Å². The van der Waals surface area contributed by atoms with Crippen LogP contribution in [0.25, 0.3) is 0 Å². The summed E-state index contributed by atoms with van der Waals surface area (Å²) in [6.07, 6.45) is 0. The predicted molar refractivity (Wildman–Crippen MR) is 64.3 cm³/mol. The van der Waals surface area contributed by atoms with Crippen molar-refractivity contribution in [1.82, 2.24) is 0 Å². The fourth-order valence-electron chi connectivity index (χ4n) is 1.03. The Morgan fingerprint density at radius 2 is 1.73 bits per heavy atom. The molecule has 0 atom stereocenters. The molecule has 0 saturated heterocycles. The quantitative estimate of drug-likeness (QED) is 0.671. The monoisotopic (exact) mass is 202 g/mol. The van der Waals surface area contributed by atoms with Crippen LogP contribution in [-0.2, 0) is 6.54 Å². The molecule has 0 saturated carbocycles. The highest BCUT2D eigenvalue weighted by Crippen LogP contribution is 2.11. The van der Waals surface area contributed by atoms with Crippen molar-refractivity contribution in [1.29, 1.82) is 0 Å². The molecule has 1 aromatic carbocycles. The molecule has 0 bridgehead atoms. The zero-order valence-electron chi connectivity index (χ0n) is 9.70. The number of hydrogen-bond acceptors (Lipinski definition) is 2. The minimum atomic E-state index is 0.218. The number of aliphatic imine (C=N–C) groups is 2. The lowest BCUT2D eigenvalue weighted by Crippen LogP contribution is -2.08. The predicted octanol–water partition coefficient (Wildman–Crippen LogP) is 3.41. The molecule has 1 rings (SSSR count). The Morgan fingerprint density at radius 3 is 2.33 bits per heavy atom. The van der Waals surface area contributed by atoms with E-state index in [1.54, 1.807) is 0 Å². The van der Waals surface area contributed by atoms with Gasteiger partial charge in [-0.15, -0.1) is 0 Å². The lowest BCUT2D eigenvalue weighted by atomic mass is 9.98. The van der Waals surface area contributed by atoms with Crippen molar-refractivity contribution in [2.24, 2.45) is 15.4 Å². The van der Waals surface area contributed by atoms with E-state index in [9.17, 15) is 0 Å². The molecule has 0 aliphatic rings. The lowest BCUT2D eigenvalue weighted by molar-refractivity contribution is 0.430. The first kappa shape index (κ1) is 11.7. The van der Waals surface area contributed by atoms with Crippen molar-refractivity contribution in [3.05, 3.63) is 35.9 Å². The molecule has 80 valence electrons. The first-order chi connectivity index (χ1) is 7.08. The maximum atomic E-state index is 4.14. The standard InChI is InChI=1S/C13H18N2/c1-13(2,3)10-15-11-14-9-12-7-5-4-6-8-12/h4-8H,9-10H2,1-3H3. The Hall–Kier alpha value is -1.40. The molecule has 0 amide bonds. The van der Waals surface area contributed by atoms with E-state index in [0.29, 0.717) is 6.54 Å². The molecule has 1 aromatic rings. The molecule has 2 nitrogen and oxygen atoms in total. The SMILES string of the molecule is CC(C)(C)CN=C=NCc1ccccc1. The molecule has 0 spiro atoms. The highest BCUT2D eigenvalue weighted by molar-refractivity contribution is 5.41. The minimum absolute atomic E-state index is 0.218. The van der Waals surface area contributed by atoms with E-state index in [-0.39, 0.29) is 5.41 Å². The van der Waals surface area contributed by atoms with E-state index in [2.05, 4.69) is 48.9 Å². The van der Waals surface area contributed by atoms with Gasteiger partial charge in [-0.2, -0.15) is 0 Å². The molecular weight excluding hydrogens is 184 g/mol. The summed E-state index contributed by atoms with van der Waals surface area (Å²) < 4.78 is 0. The third kappa shape index (κ3) is 5.82. The normalized spacial score (nSPS) is 10.6. The molecule has 2 heteroatoms. The Labute approximate surface area is 91.8 Å². The molecule has 0 heterocycles. The van der Waals surface area contributed by atoms with Gasteiger partial charge in [0.1, 0.15) is 0 Å². The van der Waals surface area contributed by atoms with Crippen LogP contribution < -0.4 is 0 Å². The van der Waals surface area contributed by atoms with Gasteiger partial charge in [0.25, 0.3) is 0 Å². The van der Waals surface area contributed by atoms with Crippen LogP contribution in [0, 0.1) is 5.41 Å². The van der Waals surface area contributed by atoms with Gasteiger partial charge in [-0.05, 0) is 11.0 Å². The van der Waals surface area contributed by atoms with Crippen LogP contribution in [-0.4, -0.2) is 12.6 Å². The molecule has 0 aromatic heterocycles. The summed E-state index contributed by atoms with van der Waals surface area (Å²) in [4.78, 5) is 8.27. The van der Waals surface area contributed by atoms with Crippen molar-refractivity contribution >= 4 is 6.01 Å². The number of rotatable bonds is 3. The zero-order chi connectivity index (χ0) is 11.1. The molecular formula is C13H18N2. The van der Waals surface area contributed by atoms with E-state index < -0.39 is 0 Å². The minimum Gasteiger partial charge on any atom is -0.225 e. The van der Waals surface area contributed by atoms with E-state index in [1.807, 2.05) is 18.2 Å². The van der Waals surface area contributed by atoms with Crippen LogP contribution in [0.4, 0.5) is 0 Å². The largest absolute Gasteiger partial charge is 0.225 e. The third-order valence-corrected chi connectivity index (χ3v) is 1.80. The maximum absolute atomic E-state index is 4.14. The Bertz CT molecular complexity index is 341. The first-order valence-electron chi connectivity index (χ1n) is 5.20. The fraction of sp³-hybridized carbons (Fsp3) is 0.462. The Morgan fingerprint density at radius 1 is 1.07 bits per heavy atom. The Kier molecular flexibility index (Phi) is 4.26. The highest BCUT2D eigenvalue weighted by atomic mass is 14.8. The topological polar surface area (TPSA) is 24.7 Å². The second-order valence-corrected chi connectivity index (χ2v) is 4.78. The van der Waals surface area contributed by atoms with Crippen LogP contribution in [0.2, 0.25) is 0 Å². The zero-order valence-corrected chi connectivity index (χ0v) is 9.70. The molecule has 0 N–H and O–H groups in total. The van der Waals surface area contributed by atoms with E-state index in [1.165, 1.54) is 5.56 Å². The van der Waals surface area contributed by atoms with Crippen molar-refractivity contribution in [2.45, 2.75) is 27.3 Å². The number of hydrogen-bond donors (Lipinski definition) is 0. The van der Waals surface area contributed by atoms with Crippen LogP contribution in [0.5, 0.6) is 0 Å². The number of benzene rings is 1. The van der Waals surface area contributed by atoms with Crippen LogP contribution in [0.3, 0.4) is 0 Å². The highest BCUT2D eigenvalue weighted by Gasteiger charge is 2.07. The van der Waals surface area contributed by atoms with Gasteiger partial charge in [0.15, 0.2) is 0 Å². The molecule has 0 aliphatic heterocycles. The molecule has 0 unspecified atom stereocenters. The van der Waals surface area contributed by atoms with Crippen LogP contribution in [0.1, 0.15) is 26.3 Å². The van der Waals surface area contributed by atoms with E-state index >= 15 is 0 Å². The third-order valence-electron chi connectivity index (χ3n) is 1.80. The van der Waals surface area contributed by atoms with Gasteiger partial charge in [0.2, 0.25) is 0 Å². The fourth-order valence-corrected chi connectivity index (χ4v) is 1.03. The summed E-state index contributed by atoms with van der Waals surface area (Å²) in [6, 6.07) is 12.9. The van der Waals surface area contributed by atoms with Crippen LogP contribution >= 0.6 is 0 Å². The van der Waals surface area contributed by atoms with Gasteiger partial charge in [-0.3, -0.25) is 0 Å². The smallest absolute Gasteiger partial charge is 0.0896 e. The van der Waals surface area contributed by atoms with E-state index in [0.717, 1.165) is 6.54 Å². The van der Waals surface area contributed by atoms with Crippen molar-refractivity contribution in [3.8, 4) is 0 Å². The van der Waals surface area contributed by atoms with Crippen molar-refractivity contribution in [2.75, 3.05) is 6.54 Å². The summed E-state index contributed by atoms with van der Waals surface area (Å²) in [5.74, 6) is 0. The Balaban J connectivity index is 2.40. The van der Waals surface area contributed by atoms with Crippen LogP contribution in [0.15, 0.2) is 40.3 Å². The van der Waals surface area contributed by atoms with Gasteiger partial charge in [-0.1, -0.05) is 51.1 Å². The van der Waals surface area contributed by atoms with Gasteiger partial charge < -0.3 is 0 Å². The van der Waals surface area contributed by atoms with Gasteiger partial charge >= 0.3 is 0 Å². The number of nitrogens with zero attached hydrogens (tertiary/aromatic N) is 2. The summed E-state index contributed by atoms with van der Waals surface area (Å²) >= 11 is 0.